The number of carboxylic acid groups (broad SMARTS) is 1. The van der Waals surface area contributed by atoms with Crippen LogP contribution in [0.3, 0.4) is 0 Å². The molecule has 5 heteroatoms. The molecule has 0 aliphatic carbocycles. The molecule has 0 unspecified atom stereocenters. The number of rotatable bonds is 3. The van der Waals surface area contributed by atoms with Crippen molar-refractivity contribution in [2.45, 2.75) is 32.2 Å². The highest BCUT2D eigenvalue weighted by molar-refractivity contribution is 5.82. The van der Waals surface area contributed by atoms with Gasteiger partial charge in [0.15, 0.2) is 0 Å². The first-order valence-corrected chi connectivity index (χ1v) is 4.93. The Bertz CT molecular complexity index is 224. The van der Waals surface area contributed by atoms with Crippen molar-refractivity contribution < 1.29 is 14.7 Å². The minimum absolute atomic E-state index is 0.253. The number of nitrogens with zero attached hydrogens (tertiary/aromatic N) is 1. The summed E-state index contributed by atoms with van der Waals surface area (Å²) in [6, 6.07) is -1.01. The van der Waals surface area contributed by atoms with Gasteiger partial charge in [-0.25, -0.2) is 9.59 Å². The molecule has 1 heterocycles. The molecule has 1 saturated heterocycles. The molecule has 0 aromatic rings. The summed E-state index contributed by atoms with van der Waals surface area (Å²) in [6.07, 6.45) is 2.43. The van der Waals surface area contributed by atoms with E-state index in [-0.39, 0.29) is 6.03 Å². The number of carboxylic acids is 1. The average molecular weight is 200 g/mol. The molecule has 1 fully saturated rings. The number of nitrogens with one attached hydrogen (secondary N) is 1. The lowest BCUT2D eigenvalue weighted by Crippen LogP contribution is -2.46. The Morgan fingerprint density at radius 2 is 2.00 bits per heavy atom. The van der Waals surface area contributed by atoms with Gasteiger partial charge in [0.25, 0.3) is 0 Å². The van der Waals surface area contributed by atoms with Gasteiger partial charge in [-0.15, -0.1) is 0 Å². The maximum atomic E-state index is 11.5. The molecule has 2 amide bonds. The van der Waals surface area contributed by atoms with Crippen LogP contribution in [0.4, 0.5) is 4.79 Å². The second-order valence-corrected chi connectivity index (χ2v) is 3.44. The van der Waals surface area contributed by atoms with Crippen LogP contribution in [0.15, 0.2) is 0 Å². The predicted octanol–water partition coefficient (Wildman–Crippen LogP) is 0.655. The lowest BCUT2D eigenvalue weighted by Gasteiger charge is -2.19. The minimum atomic E-state index is -0.972. The van der Waals surface area contributed by atoms with E-state index in [1.807, 2.05) is 0 Å². The summed E-state index contributed by atoms with van der Waals surface area (Å²) in [5.74, 6) is -0.972. The van der Waals surface area contributed by atoms with Crippen LogP contribution >= 0.6 is 0 Å². The van der Waals surface area contributed by atoms with Crippen LogP contribution in [-0.2, 0) is 4.79 Å². The normalized spacial score (nSPS) is 17.9. The van der Waals surface area contributed by atoms with Gasteiger partial charge in [-0.3, -0.25) is 0 Å². The van der Waals surface area contributed by atoms with E-state index in [1.54, 1.807) is 11.8 Å². The van der Waals surface area contributed by atoms with Crippen LogP contribution in [0.2, 0.25) is 0 Å². The van der Waals surface area contributed by atoms with E-state index in [2.05, 4.69) is 5.32 Å². The topological polar surface area (TPSA) is 69.6 Å². The molecular weight excluding hydrogens is 184 g/mol. The van der Waals surface area contributed by atoms with Gasteiger partial charge in [0.1, 0.15) is 6.04 Å². The molecule has 0 aromatic carbocycles. The Labute approximate surface area is 83.1 Å². The SMILES string of the molecule is CC[C@@H](NC(=O)N1CCCC1)C(=O)O. The maximum absolute atomic E-state index is 11.5. The van der Waals surface area contributed by atoms with Gasteiger partial charge in [0.2, 0.25) is 0 Å². The van der Waals surface area contributed by atoms with E-state index in [1.165, 1.54) is 0 Å². The first-order valence-electron chi connectivity index (χ1n) is 4.93. The van der Waals surface area contributed by atoms with Crippen molar-refractivity contribution in [1.29, 1.82) is 0 Å². The smallest absolute Gasteiger partial charge is 0.326 e. The quantitative estimate of drug-likeness (QED) is 0.703. The summed E-state index contributed by atoms with van der Waals surface area (Å²) in [5.41, 5.74) is 0. The highest BCUT2D eigenvalue weighted by Gasteiger charge is 2.23. The van der Waals surface area contributed by atoms with E-state index in [4.69, 9.17) is 5.11 Å². The molecule has 1 aliphatic rings. The maximum Gasteiger partial charge on any atom is 0.326 e. The largest absolute Gasteiger partial charge is 0.480 e. The van der Waals surface area contributed by atoms with Crippen molar-refractivity contribution in [3.63, 3.8) is 0 Å². The van der Waals surface area contributed by atoms with E-state index in [9.17, 15) is 9.59 Å². The number of hydrogen-bond acceptors (Lipinski definition) is 2. The molecule has 0 radical (unpaired) electrons. The van der Waals surface area contributed by atoms with Crippen molar-refractivity contribution >= 4 is 12.0 Å². The summed E-state index contributed by atoms with van der Waals surface area (Å²) < 4.78 is 0. The van der Waals surface area contributed by atoms with Gasteiger partial charge in [-0.1, -0.05) is 6.92 Å². The predicted molar refractivity (Wildman–Crippen MR) is 51.1 cm³/mol. The molecular formula is C9H16N2O3. The summed E-state index contributed by atoms with van der Waals surface area (Å²) in [6.45, 7) is 3.22. The zero-order chi connectivity index (χ0) is 10.6. The molecule has 0 bridgehead atoms. The fraction of sp³-hybridized carbons (Fsp3) is 0.778. The Hall–Kier alpha value is -1.26. The van der Waals surface area contributed by atoms with E-state index < -0.39 is 12.0 Å². The lowest BCUT2D eigenvalue weighted by atomic mass is 10.2. The van der Waals surface area contributed by atoms with Crippen LogP contribution in [0, 0.1) is 0 Å². The average Bonchev–Trinajstić information content (AvgIpc) is 2.65. The van der Waals surface area contributed by atoms with E-state index >= 15 is 0 Å². The monoisotopic (exact) mass is 200 g/mol. The van der Waals surface area contributed by atoms with Gasteiger partial charge < -0.3 is 15.3 Å². The van der Waals surface area contributed by atoms with Gasteiger partial charge in [-0.05, 0) is 19.3 Å². The number of amides is 2. The number of urea groups is 1. The fourth-order valence-corrected chi connectivity index (χ4v) is 1.50. The minimum Gasteiger partial charge on any atom is -0.480 e. The molecule has 1 atom stereocenters. The molecule has 1 aliphatic heterocycles. The third kappa shape index (κ3) is 2.61. The van der Waals surface area contributed by atoms with Crippen molar-refractivity contribution in [2.24, 2.45) is 0 Å². The summed E-state index contributed by atoms with van der Waals surface area (Å²) in [7, 11) is 0. The van der Waals surface area contributed by atoms with Crippen LogP contribution in [0.25, 0.3) is 0 Å². The zero-order valence-electron chi connectivity index (χ0n) is 8.32. The Kier molecular flexibility index (Phi) is 3.73. The number of carbonyl (C=O) groups excluding carboxylic acids is 1. The number of likely N-dealkylation sites (tertiary alicyclic amines) is 1. The molecule has 80 valence electrons. The van der Waals surface area contributed by atoms with Gasteiger partial charge in [-0.2, -0.15) is 0 Å². The number of aliphatic carboxylic acids is 1. The first-order chi connectivity index (χ1) is 6.65. The van der Waals surface area contributed by atoms with Gasteiger partial charge in [0.05, 0.1) is 0 Å². The fourth-order valence-electron chi connectivity index (χ4n) is 1.50. The van der Waals surface area contributed by atoms with Crippen molar-refractivity contribution in [3.05, 3.63) is 0 Å². The van der Waals surface area contributed by atoms with Crippen LogP contribution in [-0.4, -0.2) is 41.1 Å². The molecule has 1 rings (SSSR count). The Morgan fingerprint density at radius 1 is 1.43 bits per heavy atom. The second kappa shape index (κ2) is 4.83. The highest BCUT2D eigenvalue weighted by atomic mass is 16.4. The standard InChI is InChI=1S/C9H16N2O3/c1-2-7(8(12)13)10-9(14)11-5-3-4-6-11/h7H,2-6H2,1H3,(H,10,14)(H,12,13)/t7-/m1/s1. The number of hydrogen-bond donors (Lipinski definition) is 2. The third-order valence-corrected chi connectivity index (χ3v) is 2.40. The van der Waals surface area contributed by atoms with E-state index in [0.717, 1.165) is 25.9 Å². The molecule has 5 nitrogen and oxygen atoms in total. The van der Waals surface area contributed by atoms with Crippen LogP contribution < -0.4 is 5.32 Å². The third-order valence-electron chi connectivity index (χ3n) is 2.40. The number of carbonyl (C=O) groups is 2. The van der Waals surface area contributed by atoms with Crippen LogP contribution in [0.5, 0.6) is 0 Å². The Morgan fingerprint density at radius 3 is 2.43 bits per heavy atom. The Balaban J connectivity index is 2.41. The summed E-state index contributed by atoms with van der Waals surface area (Å²) in [4.78, 5) is 23.8. The summed E-state index contributed by atoms with van der Waals surface area (Å²) in [5, 5.41) is 11.2. The molecule has 2 N–H and O–H groups in total. The lowest BCUT2D eigenvalue weighted by molar-refractivity contribution is -0.139. The van der Waals surface area contributed by atoms with Crippen molar-refractivity contribution in [3.8, 4) is 0 Å². The van der Waals surface area contributed by atoms with Gasteiger partial charge >= 0.3 is 12.0 Å². The molecule has 0 aromatic heterocycles. The summed E-state index contributed by atoms with van der Waals surface area (Å²) >= 11 is 0. The molecule has 14 heavy (non-hydrogen) atoms. The van der Waals surface area contributed by atoms with Crippen LogP contribution in [0.1, 0.15) is 26.2 Å². The van der Waals surface area contributed by atoms with Crippen molar-refractivity contribution in [2.75, 3.05) is 13.1 Å². The molecule has 0 saturated carbocycles. The van der Waals surface area contributed by atoms with Gasteiger partial charge in [0, 0.05) is 13.1 Å². The first kappa shape index (κ1) is 10.8. The van der Waals surface area contributed by atoms with E-state index in [0.29, 0.717) is 6.42 Å². The highest BCUT2D eigenvalue weighted by Crippen LogP contribution is 2.07. The van der Waals surface area contributed by atoms with Crippen molar-refractivity contribution in [1.82, 2.24) is 10.2 Å². The zero-order valence-corrected chi connectivity index (χ0v) is 8.32. The molecule has 0 spiro atoms. The second-order valence-electron chi connectivity index (χ2n) is 3.44.